The first-order valence-corrected chi connectivity index (χ1v) is 8.53. The van der Waals surface area contributed by atoms with Gasteiger partial charge in [0.05, 0.1) is 11.1 Å². The largest absolute Gasteiger partial charge is 0.273 e. The van der Waals surface area contributed by atoms with Crippen molar-refractivity contribution >= 4 is 76.6 Å². The second kappa shape index (κ2) is 11.8. The van der Waals surface area contributed by atoms with E-state index in [1.54, 1.807) is 42.5 Å². The molecule has 2 aromatic carbocycles. The number of amides is 2. The summed E-state index contributed by atoms with van der Waals surface area (Å²) in [6.07, 6.45) is 0. The molecule has 0 saturated carbocycles. The Morgan fingerprint density at radius 3 is 1.96 bits per heavy atom. The highest BCUT2D eigenvalue weighted by Gasteiger charge is 2.30. The zero-order chi connectivity index (χ0) is 17.9. The highest BCUT2D eigenvalue weighted by molar-refractivity contribution is 9.10. The predicted octanol–water partition coefficient (Wildman–Crippen LogP) is 5.95. The maximum absolute atomic E-state index is 12.9. The fourth-order valence-electron chi connectivity index (χ4n) is 2.05. The molecule has 1 N–H and O–H groups in total. The summed E-state index contributed by atoms with van der Waals surface area (Å²) >= 11 is 9.22. The summed E-state index contributed by atoms with van der Waals surface area (Å²) < 4.78 is 0.671. The van der Waals surface area contributed by atoms with Gasteiger partial charge in [-0.1, -0.05) is 23.7 Å². The van der Waals surface area contributed by atoms with E-state index < -0.39 is 5.54 Å². The number of hydrogen-bond acceptors (Lipinski definition) is 2. The van der Waals surface area contributed by atoms with E-state index in [9.17, 15) is 9.59 Å². The molecule has 2 aromatic rings. The summed E-state index contributed by atoms with van der Waals surface area (Å²) in [5, 5.41) is 1.88. The first-order chi connectivity index (χ1) is 11.2. The van der Waals surface area contributed by atoms with Gasteiger partial charge >= 0.3 is 0 Å². The van der Waals surface area contributed by atoms with Crippen LogP contribution in [0.1, 0.15) is 41.5 Å². The van der Waals surface area contributed by atoms with Gasteiger partial charge in [-0.15, -0.1) is 37.2 Å². The predicted molar refractivity (Wildman–Crippen MR) is 121 cm³/mol. The van der Waals surface area contributed by atoms with Crippen molar-refractivity contribution in [2.24, 2.45) is 0 Å². The van der Waals surface area contributed by atoms with Gasteiger partial charge in [-0.05, 0) is 73.1 Å². The van der Waals surface area contributed by atoms with Gasteiger partial charge in [-0.2, -0.15) is 0 Å². The van der Waals surface area contributed by atoms with E-state index in [0.29, 0.717) is 20.6 Å². The molecule has 9 heteroatoms. The van der Waals surface area contributed by atoms with Crippen LogP contribution < -0.4 is 5.43 Å². The molecule has 150 valence electrons. The minimum absolute atomic E-state index is 0. The molecule has 2 rings (SSSR count). The summed E-state index contributed by atoms with van der Waals surface area (Å²) in [7, 11) is 0. The molecule has 4 nitrogen and oxygen atoms in total. The molecule has 0 saturated heterocycles. The zero-order valence-electron chi connectivity index (χ0n) is 14.9. The molecule has 0 spiro atoms. The van der Waals surface area contributed by atoms with E-state index in [2.05, 4.69) is 21.4 Å². The number of nitrogens with zero attached hydrogens (tertiary/aromatic N) is 1. The van der Waals surface area contributed by atoms with Crippen molar-refractivity contribution in [2.45, 2.75) is 26.3 Å². The molecule has 0 aliphatic rings. The second-order valence-electron chi connectivity index (χ2n) is 6.24. The molecule has 0 aliphatic carbocycles. The maximum Gasteiger partial charge on any atom is 0.273 e. The van der Waals surface area contributed by atoms with Crippen LogP contribution in [-0.2, 0) is 0 Å². The summed E-state index contributed by atoms with van der Waals surface area (Å²) in [5.74, 6) is -0.667. The topological polar surface area (TPSA) is 49.4 Å². The summed E-state index contributed by atoms with van der Waals surface area (Å²) in [6.45, 7) is 5.55. The molecular formula is C18H21BrCl4N2O2. The van der Waals surface area contributed by atoms with Gasteiger partial charge in [-0.25, -0.2) is 5.01 Å². The highest BCUT2D eigenvalue weighted by atomic mass is 79.9. The average molecular weight is 519 g/mol. The van der Waals surface area contributed by atoms with Crippen LogP contribution in [0.25, 0.3) is 0 Å². The van der Waals surface area contributed by atoms with Gasteiger partial charge in [-0.3, -0.25) is 15.0 Å². The fourth-order valence-corrected chi connectivity index (χ4v) is 2.63. The SMILES string of the molecule is CC(C)(C)N(NC(=O)c1ccc(Cl)cc1)C(=O)c1ccccc1Br.Cl.Cl.Cl. The smallest absolute Gasteiger partial charge is 0.267 e. The van der Waals surface area contributed by atoms with Crippen LogP contribution in [0.15, 0.2) is 53.0 Å². The van der Waals surface area contributed by atoms with Gasteiger partial charge in [0.2, 0.25) is 0 Å². The maximum atomic E-state index is 12.9. The van der Waals surface area contributed by atoms with E-state index in [-0.39, 0.29) is 49.0 Å². The minimum Gasteiger partial charge on any atom is -0.267 e. The van der Waals surface area contributed by atoms with Crippen LogP contribution in [-0.4, -0.2) is 22.4 Å². The third-order valence-corrected chi connectivity index (χ3v) is 4.24. The Morgan fingerprint density at radius 2 is 1.48 bits per heavy atom. The number of benzene rings is 2. The number of rotatable bonds is 2. The molecule has 0 unspecified atom stereocenters. The van der Waals surface area contributed by atoms with Crippen molar-refractivity contribution < 1.29 is 9.59 Å². The lowest BCUT2D eigenvalue weighted by molar-refractivity contribution is 0.0358. The van der Waals surface area contributed by atoms with Crippen molar-refractivity contribution in [2.75, 3.05) is 0 Å². The average Bonchev–Trinajstić information content (AvgIpc) is 2.52. The lowest BCUT2D eigenvalue weighted by Crippen LogP contribution is -2.55. The Kier molecular flexibility index (Phi) is 12.3. The summed E-state index contributed by atoms with van der Waals surface area (Å²) in [6, 6.07) is 13.6. The van der Waals surface area contributed by atoms with Crippen LogP contribution in [0.2, 0.25) is 5.02 Å². The van der Waals surface area contributed by atoms with E-state index >= 15 is 0 Å². The Labute approximate surface area is 191 Å². The zero-order valence-corrected chi connectivity index (χ0v) is 19.7. The Bertz CT molecular complexity index is 765. The van der Waals surface area contributed by atoms with Crippen molar-refractivity contribution in [1.29, 1.82) is 0 Å². The van der Waals surface area contributed by atoms with Gasteiger partial charge < -0.3 is 0 Å². The van der Waals surface area contributed by atoms with Crippen LogP contribution in [0.5, 0.6) is 0 Å². The van der Waals surface area contributed by atoms with Gasteiger partial charge in [0.25, 0.3) is 11.8 Å². The van der Waals surface area contributed by atoms with Crippen LogP contribution in [0.4, 0.5) is 0 Å². The first-order valence-electron chi connectivity index (χ1n) is 7.36. The Morgan fingerprint density at radius 1 is 0.963 bits per heavy atom. The van der Waals surface area contributed by atoms with Crippen LogP contribution >= 0.6 is 64.8 Å². The standard InChI is InChI=1S/C18H18BrClN2O2.3ClH/c1-18(2,3)22(17(24)14-6-4-5-7-15(14)19)21-16(23)12-8-10-13(20)11-9-12;;;/h4-11H,1-3H3,(H,21,23);3*1H. The first kappa shape index (κ1) is 28.2. The quantitative estimate of drug-likeness (QED) is 0.499. The highest BCUT2D eigenvalue weighted by Crippen LogP contribution is 2.21. The number of carbonyl (C=O) groups excluding carboxylic acids is 2. The van der Waals surface area contributed by atoms with Crippen molar-refractivity contribution in [3.05, 3.63) is 69.2 Å². The molecular weight excluding hydrogens is 498 g/mol. The third kappa shape index (κ3) is 7.51. The molecule has 0 bridgehead atoms. The monoisotopic (exact) mass is 516 g/mol. The lowest BCUT2D eigenvalue weighted by Gasteiger charge is -2.35. The van der Waals surface area contributed by atoms with E-state index in [1.165, 1.54) is 5.01 Å². The van der Waals surface area contributed by atoms with E-state index in [0.717, 1.165) is 0 Å². The summed E-state index contributed by atoms with van der Waals surface area (Å²) in [5.41, 5.74) is 3.00. The Balaban J connectivity index is 0. The number of carbonyl (C=O) groups is 2. The Hall–Kier alpha value is -0.980. The van der Waals surface area contributed by atoms with Crippen LogP contribution in [0.3, 0.4) is 0 Å². The number of hydrogen-bond donors (Lipinski definition) is 1. The molecule has 0 atom stereocenters. The molecule has 0 aromatic heterocycles. The second-order valence-corrected chi connectivity index (χ2v) is 7.53. The minimum atomic E-state index is -0.603. The molecule has 0 fully saturated rings. The van der Waals surface area contributed by atoms with Crippen molar-refractivity contribution in [3.63, 3.8) is 0 Å². The molecule has 0 radical (unpaired) electrons. The molecule has 2 amide bonds. The van der Waals surface area contributed by atoms with E-state index in [1.807, 2.05) is 26.8 Å². The molecule has 0 heterocycles. The number of hydrazine groups is 1. The number of nitrogens with one attached hydrogen (secondary N) is 1. The lowest BCUT2D eigenvalue weighted by atomic mass is 10.1. The van der Waals surface area contributed by atoms with Crippen LogP contribution in [0, 0.1) is 0 Å². The molecule has 27 heavy (non-hydrogen) atoms. The number of halogens is 5. The van der Waals surface area contributed by atoms with E-state index in [4.69, 9.17) is 11.6 Å². The fraction of sp³-hybridized carbons (Fsp3) is 0.222. The van der Waals surface area contributed by atoms with Gasteiger partial charge in [0, 0.05) is 15.1 Å². The van der Waals surface area contributed by atoms with Gasteiger partial charge in [0.15, 0.2) is 0 Å². The normalized spacial score (nSPS) is 9.81. The van der Waals surface area contributed by atoms with Gasteiger partial charge in [0.1, 0.15) is 0 Å². The summed E-state index contributed by atoms with van der Waals surface area (Å²) in [4.78, 5) is 25.4. The van der Waals surface area contributed by atoms with Crippen molar-refractivity contribution in [3.8, 4) is 0 Å². The van der Waals surface area contributed by atoms with Crippen molar-refractivity contribution in [1.82, 2.24) is 10.4 Å². The third-order valence-electron chi connectivity index (χ3n) is 3.30. The molecule has 0 aliphatic heterocycles.